The fourth-order valence-electron chi connectivity index (χ4n) is 2.59. The van der Waals surface area contributed by atoms with Crippen LogP contribution in [0.4, 0.5) is 0 Å². The Morgan fingerprint density at radius 1 is 1.07 bits per heavy atom. The number of aromatic nitrogens is 1. The predicted molar refractivity (Wildman–Crippen MR) is 116 cm³/mol. The zero-order valence-corrected chi connectivity index (χ0v) is 20.3. The van der Waals surface area contributed by atoms with E-state index in [1.165, 1.54) is 30.5 Å². The Hall–Kier alpha value is -2.07. The van der Waals surface area contributed by atoms with E-state index >= 15 is 0 Å². The number of hydrogen-bond donors (Lipinski definition) is 1. The van der Waals surface area contributed by atoms with Gasteiger partial charge in [0.15, 0.2) is 5.78 Å². The van der Waals surface area contributed by atoms with Gasteiger partial charge in [-0.25, -0.2) is 0 Å². The Morgan fingerprint density at radius 2 is 1.75 bits per heavy atom. The average molecular weight is 569 g/mol. The van der Waals surface area contributed by atoms with Crippen LogP contribution < -0.4 is 5.19 Å². The maximum Gasteiger partial charge on any atom is 0.155 e. The van der Waals surface area contributed by atoms with Crippen molar-refractivity contribution in [3.8, 4) is 11.3 Å². The third kappa shape index (κ3) is 7.15. The normalized spacial score (nSPS) is 11.2. The van der Waals surface area contributed by atoms with Crippen molar-refractivity contribution in [2.45, 2.75) is 33.5 Å². The second-order valence-electron chi connectivity index (χ2n) is 7.53. The summed E-state index contributed by atoms with van der Waals surface area (Å²) in [6.07, 6.45) is 1.17. The molecule has 1 heterocycles. The molecule has 0 aliphatic heterocycles. The van der Waals surface area contributed by atoms with Crippen LogP contribution in [0.15, 0.2) is 66.4 Å². The van der Waals surface area contributed by atoms with Gasteiger partial charge >= 0.3 is 0 Å². The molecule has 2 aromatic carbocycles. The van der Waals surface area contributed by atoms with Crippen molar-refractivity contribution in [1.82, 2.24) is 4.98 Å². The quantitative estimate of drug-likeness (QED) is 0.202. The molecule has 3 rings (SSSR count). The first-order valence-electron chi connectivity index (χ1n) is 8.93. The molecule has 28 heavy (non-hydrogen) atoms. The molecule has 0 saturated heterocycles. The number of pyridine rings is 1. The molecule has 0 saturated carbocycles. The van der Waals surface area contributed by atoms with Gasteiger partial charge in [-0.2, -0.15) is 0 Å². The maximum absolute atomic E-state index is 10.0. The molecule has 0 unspecified atom stereocenters. The van der Waals surface area contributed by atoms with Crippen LogP contribution in [0.5, 0.6) is 0 Å². The summed E-state index contributed by atoms with van der Waals surface area (Å²) >= 11 is 0. The second-order valence-corrected chi connectivity index (χ2v) is 12.6. The minimum Gasteiger partial charge on any atom is -0.512 e. The van der Waals surface area contributed by atoms with Gasteiger partial charge in [-0.05, 0) is 31.0 Å². The number of benzene rings is 2. The molecule has 5 heteroatoms. The van der Waals surface area contributed by atoms with E-state index in [0.717, 1.165) is 16.8 Å². The van der Waals surface area contributed by atoms with Crippen molar-refractivity contribution in [3.63, 3.8) is 0 Å². The molecular formula is C23H26IrNO2Si-. The average Bonchev–Trinajstić information content (AvgIpc) is 2.60. The molecule has 1 N–H and O–H groups in total. The molecule has 1 radical (unpaired) electrons. The minimum atomic E-state index is -1.30. The van der Waals surface area contributed by atoms with Crippen molar-refractivity contribution in [2.24, 2.45) is 0 Å². The van der Waals surface area contributed by atoms with Gasteiger partial charge in [-0.3, -0.25) is 9.78 Å². The fourth-order valence-corrected chi connectivity index (χ4v) is 3.75. The largest absolute Gasteiger partial charge is 0.512 e. The monoisotopic (exact) mass is 569 g/mol. The summed E-state index contributed by atoms with van der Waals surface area (Å²) in [5.41, 5.74) is 3.14. The van der Waals surface area contributed by atoms with Crippen LogP contribution in [-0.4, -0.2) is 23.9 Å². The number of allylic oxidation sites excluding steroid dienone is 2. The van der Waals surface area contributed by atoms with E-state index in [1.54, 1.807) is 0 Å². The first-order chi connectivity index (χ1) is 12.7. The summed E-state index contributed by atoms with van der Waals surface area (Å²) < 4.78 is 0. The SMILES string of the molecule is CC(=O)/C=C(/C)O.C[Si](C)(C)c1cc[c-]c(-c2ccc3ccccc3n2)c1.[Ir]. The van der Waals surface area contributed by atoms with Crippen LogP contribution in [0.2, 0.25) is 19.6 Å². The smallest absolute Gasteiger partial charge is 0.155 e. The number of aliphatic hydroxyl groups excluding tert-OH is 1. The molecule has 0 spiro atoms. The summed E-state index contributed by atoms with van der Waals surface area (Å²) in [7, 11) is -1.30. The van der Waals surface area contributed by atoms with Crippen molar-refractivity contribution in [3.05, 3.63) is 72.5 Å². The first kappa shape index (κ1) is 24.0. The molecule has 149 valence electrons. The van der Waals surface area contributed by atoms with Crippen LogP contribution in [0.25, 0.3) is 22.2 Å². The molecule has 0 aliphatic rings. The number of rotatable bonds is 3. The van der Waals surface area contributed by atoms with Gasteiger partial charge in [0.1, 0.15) is 0 Å². The standard InChI is InChI=1S/C18H18NSi.C5H8O2.Ir/c1-20(2,3)16-9-6-8-15(13-16)18-12-11-14-7-4-5-10-17(14)19-18;1-4(6)3-5(2)7;/h4-7,9-13H,1-3H3;3,6H,1-2H3;/q-1;;/b;4-3-;. The van der Waals surface area contributed by atoms with Crippen molar-refractivity contribution < 1.29 is 30.0 Å². The molecular weight excluding hydrogens is 543 g/mol. The van der Waals surface area contributed by atoms with Crippen molar-refractivity contribution in [1.29, 1.82) is 0 Å². The molecule has 1 aromatic heterocycles. The molecule has 0 fully saturated rings. The summed E-state index contributed by atoms with van der Waals surface area (Å²) in [6, 6.07) is 22.2. The van der Waals surface area contributed by atoms with Gasteiger partial charge in [0.2, 0.25) is 0 Å². The van der Waals surface area contributed by atoms with E-state index in [9.17, 15) is 4.79 Å². The molecule has 0 amide bonds. The third-order valence-electron chi connectivity index (χ3n) is 3.95. The zero-order chi connectivity index (χ0) is 20.0. The fraction of sp³-hybridized carbons (Fsp3) is 0.217. The topological polar surface area (TPSA) is 50.2 Å². The van der Waals surface area contributed by atoms with E-state index in [0.29, 0.717) is 0 Å². The molecule has 0 aliphatic carbocycles. The second kappa shape index (κ2) is 10.5. The van der Waals surface area contributed by atoms with Gasteiger partial charge in [-0.1, -0.05) is 50.0 Å². The summed E-state index contributed by atoms with van der Waals surface area (Å²) in [5, 5.41) is 11.0. The van der Waals surface area contributed by atoms with E-state index in [4.69, 9.17) is 10.1 Å². The van der Waals surface area contributed by atoms with Crippen LogP contribution in [0.3, 0.4) is 0 Å². The van der Waals surface area contributed by atoms with E-state index < -0.39 is 8.07 Å². The van der Waals surface area contributed by atoms with Crippen LogP contribution in [-0.2, 0) is 24.9 Å². The van der Waals surface area contributed by atoms with Gasteiger partial charge in [0, 0.05) is 26.2 Å². The summed E-state index contributed by atoms with van der Waals surface area (Å²) in [6.45, 7) is 9.93. The molecule has 3 aromatic rings. The number of carbonyl (C=O) groups excluding carboxylic acids is 1. The number of nitrogens with zero attached hydrogens (tertiary/aromatic N) is 1. The van der Waals surface area contributed by atoms with Gasteiger partial charge in [0.25, 0.3) is 0 Å². The summed E-state index contributed by atoms with van der Waals surface area (Å²) in [5.74, 6) is -0.0625. The number of hydrogen-bond acceptors (Lipinski definition) is 3. The Labute approximate surface area is 181 Å². The zero-order valence-electron chi connectivity index (χ0n) is 16.9. The number of carbonyl (C=O) groups is 1. The van der Waals surface area contributed by atoms with E-state index in [-0.39, 0.29) is 31.6 Å². The molecule has 3 nitrogen and oxygen atoms in total. The maximum atomic E-state index is 10.0. The molecule has 0 atom stereocenters. The van der Waals surface area contributed by atoms with Gasteiger partial charge in [-0.15, -0.1) is 35.0 Å². The number of ketones is 1. The predicted octanol–water partition coefficient (Wildman–Crippen LogP) is 5.28. The number of fused-ring (bicyclic) bond motifs is 1. The van der Waals surface area contributed by atoms with Crippen molar-refractivity contribution in [2.75, 3.05) is 0 Å². The number of aliphatic hydroxyl groups is 1. The van der Waals surface area contributed by atoms with Crippen LogP contribution >= 0.6 is 0 Å². The third-order valence-corrected chi connectivity index (χ3v) is 6.00. The van der Waals surface area contributed by atoms with Crippen molar-refractivity contribution >= 4 is 29.9 Å². The van der Waals surface area contributed by atoms with E-state index in [2.05, 4.69) is 62.1 Å². The minimum absolute atomic E-state index is 0. The van der Waals surface area contributed by atoms with E-state index in [1.807, 2.05) is 18.2 Å². The first-order valence-corrected chi connectivity index (χ1v) is 12.4. The van der Waals surface area contributed by atoms with Gasteiger partial charge in [0.05, 0.1) is 19.3 Å². The van der Waals surface area contributed by atoms with Crippen LogP contribution in [0.1, 0.15) is 13.8 Å². The molecule has 0 bridgehead atoms. The Kier molecular flexibility index (Phi) is 8.96. The Bertz CT molecular complexity index is 973. The Morgan fingerprint density at radius 3 is 2.32 bits per heavy atom. The summed E-state index contributed by atoms with van der Waals surface area (Å²) in [4.78, 5) is 14.8. The van der Waals surface area contributed by atoms with Crippen LogP contribution in [0, 0.1) is 6.07 Å². The van der Waals surface area contributed by atoms with Gasteiger partial charge < -0.3 is 5.11 Å². The number of para-hydroxylation sites is 1. The Balaban J connectivity index is 0.000000425.